The van der Waals surface area contributed by atoms with Crippen molar-refractivity contribution in [3.05, 3.63) is 60.2 Å². The number of carboxylic acid groups (broad SMARTS) is 1. The standard InChI is InChI=1S/C16H14N2O5S/c1-10-15(9-14(23-10)16(19)20)24(21,22)18-12-6-4-11(5-7-12)13-3-2-8-17-13/h2-9,17-18H,1H3,(H,19,20). The van der Waals surface area contributed by atoms with Crippen LogP contribution in [-0.4, -0.2) is 24.5 Å². The number of carboxylic acids is 1. The van der Waals surface area contributed by atoms with Crippen molar-refractivity contribution < 1.29 is 22.7 Å². The van der Waals surface area contributed by atoms with E-state index in [0.29, 0.717) is 5.69 Å². The van der Waals surface area contributed by atoms with Gasteiger partial charge in [-0.2, -0.15) is 0 Å². The van der Waals surface area contributed by atoms with Crippen molar-refractivity contribution in [1.82, 2.24) is 4.98 Å². The normalized spacial score (nSPS) is 11.4. The van der Waals surface area contributed by atoms with Gasteiger partial charge in [-0.05, 0) is 36.8 Å². The summed E-state index contributed by atoms with van der Waals surface area (Å²) in [6, 6.07) is 11.6. The second-order valence-corrected chi connectivity index (χ2v) is 6.75. The molecule has 1 aromatic carbocycles. The van der Waals surface area contributed by atoms with Gasteiger partial charge < -0.3 is 14.5 Å². The number of carbonyl (C=O) groups is 1. The number of furan rings is 1. The minimum atomic E-state index is -3.94. The van der Waals surface area contributed by atoms with Crippen LogP contribution in [0.4, 0.5) is 5.69 Å². The predicted molar refractivity (Wildman–Crippen MR) is 87.4 cm³/mol. The molecule has 0 saturated heterocycles. The molecule has 3 aromatic rings. The van der Waals surface area contributed by atoms with Crippen LogP contribution in [0.1, 0.15) is 16.3 Å². The van der Waals surface area contributed by atoms with Crippen LogP contribution in [-0.2, 0) is 10.0 Å². The van der Waals surface area contributed by atoms with Crippen molar-refractivity contribution in [3.63, 3.8) is 0 Å². The number of hydrogen-bond acceptors (Lipinski definition) is 4. The quantitative estimate of drug-likeness (QED) is 0.657. The highest BCUT2D eigenvalue weighted by Crippen LogP contribution is 2.24. The largest absolute Gasteiger partial charge is 0.475 e. The molecule has 124 valence electrons. The Balaban J connectivity index is 1.86. The Hall–Kier alpha value is -3.00. The number of aromatic amines is 1. The van der Waals surface area contributed by atoms with E-state index in [9.17, 15) is 13.2 Å². The highest BCUT2D eigenvalue weighted by atomic mass is 32.2. The van der Waals surface area contributed by atoms with Crippen LogP contribution in [0.3, 0.4) is 0 Å². The number of sulfonamides is 1. The summed E-state index contributed by atoms with van der Waals surface area (Å²) in [5.41, 5.74) is 2.19. The van der Waals surface area contributed by atoms with Gasteiger partial charge in [-0.3, -0.25) is 4.72 Å². The van der Waals surface area contributed by atoms with Gasteiger partial charge in [-0.1, -0.05) is 12.1 Å². The van der Waals surface area contributed by atoms with E-state index in [0.717, 1.165) is 17.3 Å². The number of rotatable bonds is 5. The fraction of sp³-hybridized carbons (Fsp3) is 0.0625. The third-order valence-electron chi connectivity index (χ3n) is 3.42. The molecule has 0 radical (unpaired) electrons. The van der Waals surface area contributed by atoms with E-state index in [1.807, 2.05) is 12.1 Å². The second-order valence-electron chi connectivity index (χ2n) is 5.10. The van der Waals surface area contributed by atoms with Gasteiger partial charge in [0.15, 0.2) is 0 Å². The Kier molecular flexibility index (Phi) is 3.90. The number of nitrogens with one attached hydrogen (secondary N) is 2. The smallest absolute Gasteiger partial charge is 0.371 e. The van der Waals surface area contributed by atoms with Crippen molar-refractivity contribution >= 4 is 21.7 Å². The fourth-order valence-electron chi connectivity index (χ4n) is 2.28. The summed E-state index contributed by atoms with van der Waals surface area (Å²) in [4.78, 5) is 13.8. The van der Waals surface area contributed by atoms with Gasteiger partial charge in [-0.25, -0.2) is 13.2 Å². The molecule has 0 bridgehead atoms. The lowest BCUT2D eigenvalue weighted by Gasteiger charge is -2.07. The average Bonchev–Trinajstić information content (AvgIpc) is 3.17. The van der Waals surface area contributed by atoms with Gasteiger partial charge in [0, 0.05) is 23.6 Å². The summed E-state index contributed by atoms with van der Waals surface area (Å²) in [5, 5.41) is 8.89. The molecule has 8 heteroatoms. The van der Waals surface area contributed by atoms with Crippen molar-refractivity contribution in [2.45, 2.75) is 11.8 Å². The first-order valence-electron chi connectivity index (χ1n) is 6.97. The maximum atomic E-state index is 12.4. The van der Waals surface area contributed by atoms with E-state index in [1.54, 1.807) is 30.5 Å². The zero-order valence-electron chi connectivity index (χ0n) is 12.6. The number of H-pyrrole nitrogens is 1. The van der Waals surface area contributed by atoms with Crippen molar-refractivity contribution in [3.8, 4) is 11.3 Å². The molecule has 0 aliphatic rings. The number of benzene rings is 1. The van der Waals surface area contributed by atoms with E-state index in [4.69, 9.17) is 9.52 Å². The topological polar surface area (TPSA) is 112 Å². The van der Waals surface area contributed by atoms with Gasteiger partial charge in [0.2, 0.25) is 5.76 Å². The molecule has 24 heavy (non-hydrogen) atoms. The molecule has 2 aromatic heterocycles. The molecule has 0 aliphatic heterocycles. The molecule has 3 N–H and O–H groups in total. The summed E-state index contributed by atoms with van der Waals surface area (Å²) in [6.07, 6.45) is 1.80. The fourth-order valence-corrected chi connectivity index (χ4v) is 3.51. The minimum absolute atomic E-state index is 0.0166. The SMILES string of the molecule is Cc1oc(C(=O)O)cc1S(=O)(=O)Nc1ccc(-c2ccc[nH]2)cc1. The van der Waals surface area contributed by atoms with E-state index < -0.39 is 21.8 Å². The molecule has 0 saturated carbocycles. The van der Waals surface area contributed by atoms with E-state index >= 15 is 0 Å². The monoisotopic (exact) mass is 346 g/mol. The molecular formula is C16H14N2O5S. The lowest BCUT2D eigenvalue weighted by atomic mass is 10.1. The van der Waals surface area contributed by atoms with Gasteiger partial charge in [0.05, 0.1) is 0 Å². The molecule has 0 fully saturated rings. The first-order valence-corrected chi connectivity index (χ1v) is 8.45. The lowest BCUT2D eigenvalue weighted by molar-refractivity contribution is 0.0661. The number of hydrogen-bond donors (Lipinski definition) is 3. The van der Waals surface area contributed by atoms with Crippen LogP contribution < -0.4 is 4.72 Å². The van der Waals surface area contributed by atoms with Crippen LogP contribution in [0, 0.1) is 6.92 Å². The van der Waals surface area contributed by atoms with Gasteiger partial charge in [0.25, 0.3) is 10.0 Å². The van der Waals surface area contributed by atoms with Crippen molar-refractivity contribution in [2.75, 3.05) is 4.72 Å². The third kappa shape index (κ3) is 3.04. The third-order valence-corrected chi connectivity index (χ3v) is 4.91. The molecule has 3 rings (SSSR count). The van der Waals surface area contributed by atoms with Crippen LogP contribution >= 0.6 is 0 Å². The first kappa shape index (κ1) is 15.9. The van der Waals surface area contributed by atoms with E-state index in [2.05, 4.69) is 9.71 Å². The van der Waals surface area contributed by atoms with Crippen LogP contribution in [0.5, 0.6) is 0 Å². The Bertz CT molecular complexity index is 970. The molecule has 0 atom stereocenters. The predicted octanol–water partition coefficient (Wildman–Crippen LogP) is 3.08. The molecule has 0 amide bonds. The molecule has 2 heterocycles. The molecule has 0 unspecified atom stereocenters. The Labute approximate surface area is 138 Å². The van der Waals surface area contributed by atoms with Gasteiger partial charge >= 0.3 is 5.97 Å². The van der Waals surface area contributed by atoms with E-state index in [-0.39, 0.29) is 10.7 Å². The number of anilines is 1. The maximum Gasteiger partial charge on any atom is 0.371 e. The van der Waals surface area contributed by atoms with Crippen molar-refractivity contribution in [1.29, 1.82) is 0 Å². The Morgan fingerprint density at radius 1 is 1.21 bits per heavy atom. The first-order chi connectivity index (χ1) is 11.4. The van der Waals surface area contributed by atoms with E-state index in [1.165, 1.54) is 6.92 Å². The Morgan fingerprint density at radius 2 is 1.92 bits per heavy atom. The summed E-state index contributed by atoms with van der Waals surface area (Å²) >= 11 is 0. The average molecular weight is 346 g/mol. The van der Waals surface area contributed by atoms with Crippen LogP contribution in [0.2, 0.25) is 0 Å². The van der Waals surface area contributed by atoms with Gasteiger partial charge in [-0.15, -0.1) is 0 Å². The van der Waals surface area contributed by atoms with Crippen molar-refractivity contribution in [2.24, 2.45) is 0 Å². The van der Waals surface area contributed by atoms with Gasteiger partial charge in [0.1, 0.15) is 10.7 Å². The number of aryl methyl sites for hydroxylation is 1. The van der Waals surface area contributed by atoms with Crippen LogP contribution in [0.25, 0.3) is 11.3 Å². The Morgan fingerprint density at radius 3 is 2.46 bits per heavy atom. The summed E-state index contributed by atoms with van der Waals surface area (Å²) in [6.45, 7) is 1.40. The zero-order valence-corrected chi connectivity index (χ0v) is 13.4. The minimum Gasteiger partial charge on any atom is -0.475 e. The summed E-state index contributed by atoms with van der Waals surface area (Å²) in [5.74, 6) is -1.73. The summed E-state index contributed by atoms with van der Waals surface area (Å²) < 4.78 is 32.2. The highest BCUT2D eigenvalue weighted by molar-refractivity contribution is 7.92. The number of aromatic nitrogens is 1. The number of aromatic carboxylic acids is 1. The zero-order chi connectivity index (χ0) is 17.3. The molecular weight excluding hydrogens is 332 g/mol. The molecule has 7 nitrogen and oxygen atoms in total. The summed E-state index contributed by atoms with van der Waals surface area (Å²) in [7, 11) is -3.94. The molecule has 0 spiro atoms. The van der Waals surface area contributed by atoms with Crippen LogP contribution in [0.15, 0.2) is 58.0 Å². The lowest BCUT2D eigenvalue weighted by Crippen LogP contribution is -2.13. The highest BCUT2D eigenvalue weighted by Gasteiger charge is 2.23. The second kappa shape index (κ2) is 5.89. The maximum absolute atomic E-state index is 12.4. The molecule has 0 aliphatic carbocycles.